The number of rotatable bonds is 6. The molecule has 27 heavy (non-hydrogen) atoms. The zero-order valence-corrected chi connectivity index (χ0v) is 17.3. The van der Waals surface area contributed by atoms with E-state index in [0.717, 1.165) is 63.4 Å². The Balaban J connectivity index is 1.66. The van der Waals surface area contributed by atoms with E-state index in [2.05, 4.69) is 24.8 Å². The molecular formula is C22H34N2O3. The molecule has 150 valence electrons. The van der Waals surface area contributed by atoms with Crippen LogP contribution in [-0.4, -0.2) is 55.6 Å². The predicted octanol–water partition coefficient (Wildman–Crippen LogP) is 3.71. The van der Waals surface area contributed by atoms with Gasteiger partial charge in [-0.2, -0.15) is 0 Å². The average Bonchev–Trinajstić information content (AvgIpc) is 2.68. The summed E-state index contributed by atoms with van der Waals surface area (Å²) in [7, 11) is 3.65. The van der Waals surface area contributed by atoms with Gasteiger partial charge in [0.2, 0.25) is 5.91 Å². The summed E-state index contributed by atoms with van der Waals surface area (Å²) in [6, 6.07) is 6.17. The van der Waals surface area contributed by atoms with E-state index in [1.165, 1.54) is 5.56 Å². The van der Waals surface area contributed by atoms with E-state index < -0.39 is 0 Å². The number of likely N-dealkylation sites (tertiary alicyclic amines) is 2. The molecule has 2 saturated heterocycles. The van der Waals surface area contributed by atoms with Crippen molar-refractivity contribution in [1.82, 2.24) is 9.80 Å². The van der Waals surface area contributed by atoms with Crippen molar-refractivity contribution in [2.45, 2.75) is 58.6 Å². The van der Waals surface area contributed by atoms with E-state index in [4.69, 9.17) is 9.47 Å². The van der Waals surface area contributed by atoms with E-state index in [0.29, 0.717) is 17.7 Å². The summed E-state index contributed by atoms with van der Waals surface area (Å²) in [5, 5.41) is 0. The maximum absolute atomic E-state index is 11.8. The van der Waals surface area contributed by atoms with Crippen molar-refractivity contribution in [3.8, 4) is 11.5 Å². The van der Waals surface area contributed by atoms with Crippen LogP contribution in [0.4, 0.5) is 0 Å². The molecule has 0 aromatic heterocycles. The first kappa shape index (κ1) is 20.0. The van der Waals surface area contributed by atoms with Crippen molar-refractivity contribution in [2.24, 2.45) is 5.41 Å². The van der Waals surface area contributed by atoms with Gasteiger partial charge in [0.05, 0.1) is 13.2 Å². The molecule has 3 rings (SSSR count). The highest BCUT2D eigenvalue weighted by atomic mass is 16.5. The van der Waals surface area contributed by atoms with E-state index in [1.54, 1.807) is 7.11 Å². The van der Waals surface area contributed by atoms with E-state index in [1.807, 2.05) is 24.1 Å². The third-order valence-electron chi connectivity index (χ3n) is 6.35. The minimum Gasteiger partial charge on any atom is -0.493 e. The lowest BCUT2D eigenvalue weighted by Crippen LogP contribution is -2.50. The lowest BCUT2D eigenvalue weighted by molar-refractivity contribution is -0.137. The number of nitrogens with zero attached hydrogens (tertiary/aromatic N) is 2. The van der Waals surface area contributed by atoms with Crippen molar-refractivity contribution >= 4 is 5.91 Å². The van der Waals surface area contributed by atoms with Crippen LogP contribution in [0, 0.1) is 5.41 Å². The third-order valence-corrected chi connectivity index (χ3v) is 6.35. The van der Waals surface area contributed by atoms with Crippen LogP contribution < -0.4 is 9.47 Å². The minimum absolute atomic E-state index is 0.167. The second kappa shape index (κ2) is 8.51. The van der Waals surface area contributed by atoms with Crippen molar-refractivity contribution in [1.29, 1.82) is 0 Å². The van der Waals surface area contributed by atoms with Crippen LogP contribution in [0.3, 0.4) is 0 Å². The highest BCUT2D eigenvalue weighted by Gasteiger charge is 2.39. The van der Waals surface area contributed by atoms with Crippen LogP contribution in [0.1, 0.15) is 51.5 Å². The summed E-state index contributed by atoms with van der Waals surface area (Å²) in [5.74, 6) is 2.00. The number of ether oxygens (including phenoxy) is 2. The van der Waals surface area contributed by atoms with Gasteiger partial charge in [0.25, 0.3) is 0 Å². The number of piperidine rings is 2. The molecule has 2 fully saturated rings. The number of amides is 1. The van der Waals surface area contributed by atoms with Crippen LogP contribution in [0.25, 0.3) is 0 Å². The zero-order valence-electron chi connectivity index (χ0n) is 17.3. The number of benzene rings is 1. The van der Waals surface area contributed by atoms with Gasteiger partial charge in [-0.3, -0.25) is 9.69 Å². The number of methoxy groups -OCH3 is 1. The standard InChI is InChI=1S/C22H34N2O3/c1-5-17(2)27-21-18(7-6-8-19(21)26-4)15-24-13-11-22(12-14-24)10-9-20(25)23(3)16-22/h6-8,17H,5,9-16H2,1-4H3/t17-/m0/s1. The first-order valence-electron chi connectivity index (χ1n) is 10.3. The Bertz CT molecular complexity index is 653. The first-order chi connectivity index (χ1) is 13.0. The molecule has 2 aliphatic heterocycles. The molecule has 1 amide bonds. The topological polar surface area (TPSA) is 42.0 Å². The minimum atomic E-state index is 0.167. The second-order valence-electron chi connectivity index (χ2n) is 8.31. The average molecular weight is 375 g/mol. The van der Waals surface area contributed by atoms with Gasteiger partial charge in [-0.15, -0.1) is 0 Å². The van der Waals surface area contributed by atoms with E-state index in [-0.39, 0.29) is 6.10 Å². The predicted molar refractivity (Wildman–Crippen MR) is 107 cm³/mol. The molecule has 1 aromatic rings. The van der Waals surface area contributed by atoms with Crippen molar-refractivity contribution in [3.63, 3.8) is 0 Å². The molecule has 1 aromatic carbocycles. The quantitative estimate of drug-likeness (QED) is 0.761. The maximum atomic E-state index is 11.8. The molecule has 1 spiro atoms. The fraction of sp³-hybridized carbons (Fsp3) is 0.682. The van der Waals surface area contributed by atoms with E-state index in [9.17, 15) is 4.79 Å². The second-order valence-corrected chi connectivity index (χ2v) is 8.31. The summed E-state index contributed by atoms with van der Waals surface area (Å²) in [4.78, 5) is 16.3. The van der Waals surface area contributed by atoms with Crippen molar-refractivity contribution in [2.75, 3.05) is 33.8 Å². The SMILES string of the molecule is CC[C@H](C)Oc1c(CN2CCC3(CCC(=O)N(C)C3)CC2)cccc1OC. The van der Waals surface area contributed by atoms with E-state index >= 15 is 0 Å². The van der Waals surface area contributed by atoms with Crippen LogP contribution in [0.15, 0.2) is 18.2 Å². The maximum Gasteiger partial charge on any atom is 0.222 e. The zero-order chi connectivity index (χ0) is 19.4. The van der Waals surface area contributed by atoms with Gasteiger partial charge in [-0.1, -0.05) is 19.1 Å². The lowest BCUT2D eigenvalue weighted by atomic mass is 9.72. The molecule has 2 aliphatic rings. The fourth-order valence-corrected chi connectivity index (χ4v) is 4.33. The molecule has 0 unspecified atom stereocenters. The molecule has 0 bridgehead atoms. The number of para-hydroxylation sites is 1. The third kappa shape index (κ3) is 4.57. The van der Waals surface area contributed by atoms with Crippen LogP contribution in [0.5, 0.6) is 11.5 Å². The number of carbonyl (C=O) groups is 1. The highest BCUT2D eigenvalue weighted by Crippen LogP contribution is 2.41. The van der Waals surface area contributed by atoms with Gasteiger partial charge in [-0.25, -0.2) is 0 Å². The Morgan fingerprint density at radius 3 is 2.59 bits per heavy atom. The van der Waals surface area contributed by atoms with Gasteiger partial charge >= 0.3 is 0 Å². The van der Waals surface area contributed by atoms with Gasteiger partial charge in [0, 0.05) is 32.1 Å². The Kier molecular flexibility index (Phi) is 6.30. The molecule has 1 atom stereocenters. The Morgan fingerprint density at radius 1 is 1.22 bits per heavy atom. The van der Waals surface area contributed by atoms with Gasteiger partial charge < -0.3 is 14.4 Å². The Labute approximate surface area is 163 Å². The highest BCUT2D eigenvalue weighted by molar-refractivity contribution is 5.76. The smallest absolute Gasteiger partial charge is 0.222 e. The number of hydrogen-bond donors (Lipinski definition) is 0. The molecule has 0 aliphatic carbocycles. The normalized spacial score (nSPS) is 21.3. The number of hydrogen-bond acceptors (Lipinski definition) is 4. The van der Waals surface area contributed by atoms with Crippen molar-refractivity contribution < 1.29 is 14.3 Å². The molecule has 0 radical (unpaired) electrons. The van der Waals surface area contributed by atoms with Gasteiger partial charge in [0.15, 0.2) is 11.5 Å². The molecular weight excluding hydrogens is 340 g/mol. The molecule has 0 N–H and O–H groups in total. The van der Waals surface area contributed by atoms with Crippen LogP contribution in [-0.2, 0) is 11.3 Å². The first-order valence-corrected chi connectivity index (χ1v) is 10.3. The summed E-state index contributed by atoms with van der Waals surface area (Å²) >= 11 is 0. The van der Waals surface area contributed by atoms with Gasteiger partial charge in [0.1, 0.15) is 0 Å². The molecule has 0 saturated carbocycles. The summed E-state index contributed by atoms with van der Waals surface area (Å²) < 4.78 is 11.7. The summed E-state index contributed by atoms with van der Waals surface area (Å²) in [6.45, 7) is 8.18. The fourth-order valence-electron chi connectivity index (χ4n) is 4.33. The lowest BCUT2D eigenvalue weighted by Gasteiger charge is -2.46. The van der Waals surface area contributed by atoms with Crippen LogP contribution >= 0.6 is 0 Å². The van der Waals surface area contributed by atoms with Gasteiger partial charge in [-0.05, 0) is 57.2 Å². The van der Waals surface area contributed by atoms with Crippen molar-refractivity contribution in [3.05, 3.63) is 23.8 Å². The summed E-state index contributed by atoms with van der Waals surface area (Å²) in [5.41, 5.74) is 1.52. The molecule has 5 heteroatoms. The molecule has 5 nitrogen and oxygen atoms in total. The monoisotopic (exact) mass is 374 g/mol. The largest absolute Gasteiger partial charge is 0.493 e. The molecule has 2 heterocycles. The Morgan fingerprint density at radius 2 is 1.96 bits per heavy atom. The number of carbonyl (C=O) groups excluding carboxylic acids is 1. The van der Waals surface area contributed by atoms with Crippen LogP contribution in [0.2, 0.25) is 0 Å². The summed E-state index contributed by atoms with van der Waals surface area (Å²) in [6.07, 6.45) is 5.22. The Hall–Kier alpha value is -1.75.